The normalized spacial score (nSPS) is 14.8. The van der Waals surface area contributed by atoms with Crippen molar-refractivity contribution < 1.29 is 9.53 Å². The van der Waals surface area contributed by atoms with Crippen LogP contribution in [0, 0.1) is 5.92 Å². The fourth-order valence-electron chi connectivity index (χ4n) is 4.04. The lowest BCUT2D eigenvalue weighted by atomic mass is 9.96. The molecule has 0 radical (unpaired) electrons. The second-order valence-corrected chi connectivity index (χ2v) is 7.74. The van der Waals surface area contributed by atoms with Crippen LogP contribution in [0.15, 0.2) is 48.5 Å². The number of urea groups is 1. The summed E-state index contributed by atoms with van der Waals surface area (Å²) >= 11 is 0. The van der Waals surface area contributed by atoms with Gasteiger partial charge in [-0.1, -0.05) is 44.2 Å². The van der Waals surface area contributed by atoms with E-state index in [2.05, 4.69) is 42.3 Å². The summed E-state index contributed by atoms with van der Waals surface area (Å²) in [5.74, 6) is 1.10. The maximum atomic E-state index is 13.0. The molecule has 28 heavy (non-hydrogen) atoms. The smallest absolute Gasteiger partial charge is 0.318 e. The van der Waals surface area contributed by atoms with Crippen molar-refractivity contribution >= 4 is 16.9 Å². The number of amides is 2. The molecule has 0 fully saturated rings. The van der Waals surface area contributed by atoms with Crippen LogP contribution < -0.4 is 10.1 Å². The van der Waals surface area contributed by atoms with Crippen molar-refractivity contribution in [3.8, 4) is 5.75 Å². The van der Waals surface area contributed by atoms with Gasteiger partial charge in [0.15, 0.2) is 0 Å². The van der Waals surface area contributed by atoms with E-state index in [0.717, 1.165) is 35.5 Å². The molecule has 1 aromatic heterocycles. The number of carbonyl (C=O) groups is 1. The summed E-state index contributed by atoms with van der Waals surface area (Å²) in [4.78, 5) is 18.4. The van der Waals surface area contributed by atoms with Gasteiger partial charge in [0.25, 0.3) is 0 Å². The minimum atomic E-state index is -0.0393. The molecular weight excluding hydrogens is 350 g/mol. The van der Waals surface area contributed by atoms with Gasteiger partial charge in [0.1, 0.15) is 5.75 Å². The first kappa shape index (κ1) is 18.4. The molecule has 0 spiro atoms. The zero-order chi connectivity index (χ0) is 19.7. The molecule has 1 aliphatic rings. The minimum Gasteiger partial charge on any atom is -0.497 e. The number of rotatable bonds is 4. The molecule has 1 unspecified atom stereocenters. The highest BCUT2D eigenvalue weighted by Gasteiger charge is 2.26. The predicted molar refractivity (Wildman–Crippen MR) is 112 cm³/mol. The summed E-state index contributed by atoms with van der Waals surface area (Å²) in [6, 6.07) is 16.2. The van der Waals surface area contributed by atoms with E-state index < -0.39 is 0 Å². The number of hydrogen-bond acceptors (Lipinski definition) is 2. The zero-order valence-electron chi connectivity index (χ0n) is 16.7. The van der Waals surface area contributed by atoms with E-state index in [-0.39, 0.29) is 18.0 Å². The number of aromatic amines is 1. The highest BCUT2D eigenvalue weighted by Crippen LogP contribution is 2.28. The summed E-state index contributed by atoms with van der Waals surface area (Å²) in [6.45, 7) is 5.60. The topological polar surface area (TPSA) is 57.4 Å². The number of ether oxygens (including phenoxy) is 1. The first-order chi connectivity index (χ1) is 13.6. The molecule has 5 nitrogen and oxygen atoms in total. The van der Waals surface area contributed by atoms with Crippen LogP contribution in [0.3, 0.4) is 0 Å². The molecule has 2 aromatic carbocycles. The van der Waals surface area contributed by atoms with Gasteiger partial charge in [0.05, 0.1) is 19.7 Å². The van der Waals surface area contributed by atoms with E-state index in [9.17, 15) is 4.79 Å². The predicted octanol–water partition coefficient (Wildman–Crippen LogP) is 4.64. The summed E-state index contributed by atoms with van der Waals surface area (Å²) in [5.41, 5.74) is 4.73. The van der Waals surface area contributed by atoms with Crippen molar-refractivity contribution in [2.24, 2.45) is 5.92 Å². The van der Waals surface area contributed by atoms with E-state index in [1.54, 1.807) is 7.11 Å². The minimum absolute atomic E-state index is 0.0150. The van der Waals surface area contributed by atoms with Crippen molar-refractivity contribution in [1.82, 2.24) is 15.2 Å². The molecular formula is C23H27N3O2. The molecule has 3 aromatic rings. The molecule has 0 aliphatic carbocycles. The number of nitrogens with one attached hydrogen (secondary N) is 2. The van der Waals surface area contributed by atoms with Crippen molar-refractivity contribution in [2.45, 2.75) is 32.9 Å². The first-order valence-electron chi connectivity index (χ1n) is 9.84. The summed E-state index contributed by atoms with van der Waals surface area (Å²) < 4.78 is 5.24. The van der Waals surface area contributed by atoms with Crippen LogP contribution in [-0.4, -0.2) is 29.6 Å². The van der Waals surface area contributed by atoms with Crippen molar-refractivity contribution in [2.75, 3.05) is 13.7 Å². The van der Waals surface area contributed by atoms with Gasteiger partial charge in [-0.15, -0.1) is 0 Å². The fraction of sp³-hybridized carbons (Fsp3) is 0.348. The molecule has 146 valence electrons. The second kappa shape index (κ2) is 7.58. The Morgan fingerprint density at radius 2 is 1.89 bits per heavy atom. The number of hydrogen-bond donors (Lipinski definition) is 2. The number of H-pyrrole nitrogens is 1. The number of nitrogens with zero attached hydrogens (tertiary/aromatic N) is 1. The standard InChI is InChI=1S/C23H27N3O2/c1-15(2)22(16-8-10-17(28-3)11-9-16)25-23(27)26-13-12-19-18-6-4-5-7-20(18)24-21(19)14-26/h4-11,15,22,24H,12-14H2,1-3H3,(H,25,27). The van der Waals surface area contributed by atoms with Crippen LogP contribution in [0.2, 0.25) is 0 Å². The molecule has 0 bridgehead atoms. The Morgan fingerprint density at radius 1 is 1.14 bits per heavy atom. The number of benzene rings is 2. The fourth-order valence-corrected chi connectivity index (χ4v) is 4.04. The average Bonchev–Trinajstić information content (AvgIpc) is 3.09. The maximum Gasteiger partial charge on any atom is 0.318 e. The van der Waals surface area contributed by atoms with Crippen LogP contribution in [0.5, 0.6) is 5.75 Å². The quantitative estimate of drug-likeness (QED) is 0.696. The maximum absolute atomic E-state index is 13.0. The van der Waals surface area contributed by atoms with Gasteiger partial charge in [-0.05, 0) is 41.7 Å². The molecule has 0 saturated heterocycles. The number of methoxy groups -OCH3 is 1. The first-order valence-corrected chi connectivity index (χ1v) is 9.84. The Hall–Kier alpha value is -2.95. The number of carbonyl (C=O) groups excluding carboxylic acids is 1. The van der Waals surface area contributed by atoms with Crippen LogP contribution >= 0.6 is 0 Å². The van der Waals surface area contributed by atoms with Gasteiger partial charge in [-0.25, -0.2) is 4.79 Å². The lowest BCUT2D eigenvalue weighted by molar-refractivity contribution is 0.184. The molecule has 1 aliphatic heterocycles. The molecule has 4 rings (SSSR count). The summed E-state index contributed by atoms with van der Waals surface area (Å²) in [7, 11) is 1.66. The van der Waals surface area contributed by atoms with Gasteiger partial charge in [0, 0.05) is 23.1 Å². The SMILES string of the molecule is COc1ccc(C(NC(=O)N2CCc3c([nH]c4ccccc34)C2)C(C)C)cc1. The third-order valence-corrected chi connectivity index (χ3v) is 5.59. The van der Waals surface area contributed by atoms with E-state index in [4.69, 9.17) is 4.74 Å². The number of aromatic nitrogens is 1. The molecule has 0 saturated carbocycles. The lowest BCUT2D eigenvalue weighted by Gasteiger charge is -2.31. The Labute approximate surface area is 165 Å². The van der Waals surface area contributed by atoms with E-state index >= 15 is 0 Å². The van der Waals surface area contributed by atoms with E-state index in [1.165, 1.54) is 10.9 Å². The largest absolute Gasteiger partial charge is 0.497 e. The van der Waals surface area contributed by atoms with Crippen LogP contribution in [0.1, 0.15) is 36.7 Å². The summed E-state index contributed by atoms with van der Waals surface area (Å²) in [6.07, 6.45) is 0.877. The van der Waals surface area contributed by atoms with E-state index in [1.807, 2.05) is 35.2 Å². The van der Waals surface area contributed by atoms with E-state index in [0.29, 0.717) is 6.54 Å². The van der Waals surface area contributed by atoms with Crippen LogP contribution in [0.4, 0.5) is 4.79 Å². The van der Waals surface area contributed by atoms with Gasteiger partial charge < -0.3 is 19.9 Å². The summed E-state index contributed by atoms with van der Waals surface area (Å²) in [5, 5.41) is 4.51. The Kier molecular flexibility index (Phi) is 4.99. The van der Waals surface area contributed by atoms with Gasteiger partial charge in [-0.3, -0.25) is 0 Å². The molecule has 2 N–H and O–H groups in total. The number of fused-ring (bicyclic) bond motifs is 3. The van der Waals surface area contributed by atoms with Crippen LogP contribution in [0.25, 0.3) is 10.9 Å². The molecule has 2 heterocycles. The second-order valence-electron chi connectivity index (χ2n) is 7.74. The molecule has 5 heteroatoms. The zero-order valence-corrected chi connectivity index (χ0v) is 16.7. The third kappa shape index (κ3) is 3.44. The lowest BCUT2D eigenvalue weighted by Crippen LogP contribution is -2.45. The molecule has 2 amide bonds. The Balaban J connectivity index is 1.50. The van der Waals surface area contributed by atoms with Gasteiger partial charge in [0.2, 0.25) is 0 Å². The molecule has 1 atom stereocenters. The van der Waals surface area contributed by atoms with Crippen molar-refractivity contribution in [1.29, 1.82) is 0 Å². The van der Waals surface area contributed by atoms with Gasteiger partial charge >= 0.3 is 6.03 Å². The van der Waals surface area contributed by atoms with Gasteiger partial charge in [-0.2, -0.15) is 0 Å². The Morgan fingerprint density at radius 3 is 2.61 bits per heavy atom. The Bertz CT molecular complexity index is 975. The third-order valence-electron chi connectivity index (χ3n) is 5.59. The highest BCUT2D eigenvalue weighted by molar-refractivity contribution is 5.85. The number of para-hydroxylation sites is 1. The average molecular weight is 377 g/mol. The van der Waals surface area contributed by atoms with Crippen molar-refractivity contribution in [3.05, 3.63) is 65.4 Å². The highest BCUT2D eigenvalue weighted by atomic mass is 16.5. The van der Waals surface area contributed by atoms with Crippen molar-refractivity contribution in [3.63, 3.8) is 0 Å². The van der Waals surface area contributed by atoms with Crippen LogP contribution in [-0.2, 0) is 13.0 Å². The monoisotopic (exact) mass is 377 g/mol.